The maximum absolute atomic E-state index is 11.2. The van der Waals surface area contributed by atoms with Crippen molar-refractivity contribution in [3.8, 4) is 0 Å². The summed E-state index contributed by atoms with van der Waals surface area (Å²) in [6.45, 7) is 2.10. The topological polar surface area (TPSA) is 78.4 Å². The molecule has 96 valence electrons. The third kappa shape index (κ3) is 5.69. The van der Waals surface area contributed by atoms with Crippen molar-refractivity contribution in [2.24, 2.45) is 0 Å². The number of aryl methyl sites for hydroxylation is 1. The fourth-order valence-corrected chi connectivity index (χ4v) is 1.32. The van der Waals surface area contributed by atoms with Gasteiger partial charge in [-0.3, -0.25) is 4.79 Å². The van der Waals surface area contributed by atoms with Gasteiger partial charge >= 0.3 is 12.0 Å². The van der Waals surface area contributed by atoms with Crippen molar-refractivity contribution < 1.29 is 14.7 Å². The highest BCUT2D eigenvalue weighted by Crippen LogP contribution is 2.04. The number of carbonyl (C=O) groups excluding carboxylic acids is 1. The number of benzene rings is 1. The van der Waals surface area contributed by atoms with E-state index in [-0.39, 0.29) is 13.0 Å². The van der Waals surface area contributed by atoms with E-state index in [0.717, 1.165) is 11.1 Å². The normalized spacial score (nSPS) is 10.3. The summed E-state index contributed by atoms with van der Waals surface area (Å²) >= 11 is 0. The smallest absolute Gasteiger partial charge is 0.318 e. The van der Waals surface area contributed by atoms with E-state index in [1.165, 1.54) is 6.20 Å². The van der Waals surface area contributed by atoms with Gasteiger partial charge in [-0.25, -0.2) is 4.79 Å². The number of carboxylic acid groups (broad SMARTS) is 1. The molecule has 0 aliphatic rings. The number of amides is 2. The summed E-state index contributed by atoms with van der Waals surface area (Å²) in [6, 6.07) is 7.42. The van der Waals surface area contributed by atoms with Crippen molar-refractivity contribution in [1.82, 2.24) is 10.6 Å². The van der Waals surface area contributed by atoms with E-state index in [1.807, 2.05) is 31.2 Å². The summed E-state index contributed by atoms with van der Waals surface area (Å²) in [5.74, 6) is -0.939. The molecule has 0 aliphatic carbocycles. The zero-order valence-corrected chi connectivity index (χ0v) is 10.1. The van der Waals surface area contributed by atoms with Crippen molar-refractivity contribution in [1.29, 1.82) is 0 Å². The minimum atomic E-state index is -0.939. The summed E-state index contributed by atoms with van der Waals surface area (Å²) in [6.07, 6.45) is 3.20. The van der Waals surface area contributed by atoms with Gasteiger partial charge in [0.25, 0.3) is 0 Å². The SMILES string of the molecule is Cc1cccc(/C=C/NC(=O)NCCC(=O)O)c1. The van der Waals surface area contributed by atoms with Gasteiger partial charge in [0.1, 0.15) is 0 Å². The molecule has 18 heavy (non-hydrogen) atoms. The van der Waals surface area contributed by atoms with Gasteiger partial charge in [-0.05, 0) is 18.6 Å². The van der Waals surface area contributed by atoms with Crippen molar-refractivity contribution in [3.05, 3.63) is 41.6 Å². The van der Waals surface area contributed by atoms with Crippen LogP contribution in [-0.2, 0) is 4.79 Å². The average Bonchev–Trinajstić information content (AvgIpc) is 2.28. The number of urea groups is 1. The second-order valence-corrected chi connectivity index (χ2v) is 3.79. The monoisotopic (exact) mass is 248 g/mol. The molecular weight excluding hydrogens is 232 g/mol. The van der Waals surface area contributed by atoms with Crippen LogP contribution in [0.1, 0.15) is 17.5 Å². The Hall–Kier alpha value is -2.30. The Balaban J connectivity index is 2.31. The van der Waals surface area contributed by atoms with Crippen LogP contribution in [0.3, 0.4) is 0 Å². The highest BCUT2D eigenvalue weighted by molar-refractivity contribution is 5.76. The van der Waals surface area contributed by atoms with Gasteiger partial charge in [-0.2, -0.15) is 0 Å². The molecule has 3 N–H and O–H groups in total. The maximum Gasteiger partial charge on any atom is 0.318 e. The van der Waals surface area contributed by atoms with Crippen LogP contribution in [0.2, 0.25) is 0 Å². The number of nitrogens with one attached hydrogen (secondary N) is 2. The molecule has 0 fully saturated rings. The molecule has 1 aromatic rings. The van der Waals surface area contributed by atoms with Crippen molar-refractivity contribution in [2.45, 2.75) is 13.3 Å². The number of carboxylic acids is 1. The lowest BCUT2D eigenvalue weighted by atomic mass is 10.1. The van der Waals surface area contributed by atoms with Gasteiger partial charge in [0.05, 0.1) is 6.42 Å². The summed E-state index contributed by atoms with van der Waals surface area (Å²) in [4.78, 5) is 21.4. The third-order valence-corrected chi connectivity index (χ3v) is 2.16. The lowest BCUT2D eigenvalue weighted by molar-refractivity contribution is -0.136. The average molecular weight is 248 g/mol. The van der Waals surface area contributed by atoms with Crippen LogP contribution in [0.4, 0.5) is 4.79 Å². The van der Waals surface area contributed by atoms with Crippen molar-refractivity contribution in [2.75, 3.05) is 6.54 Å². The molecule has 0 saturated heterocycles. The maximum atomic E-state index is 11.2. The van der Waals surface area contributed by atoms with Crippen LogP contribution in [0.15, 0.2) is 30.5 Å². The van der Waals surface area contributed by atoms with Crippen LogP contribution in [-0.4, -0.2) is 23.7 Å². The molecule has 0 atom stereocenters. The number of aliphatic carboxylic acids is 1. The van der Waals surface area contributed by atoms with E-state index >= 15 is 0 Å². The van der Waals surface area contributed by atoms with Gasteiger partial charge in [-0.1, -0.05) is 29.8 Å². The minimum Gasteiger partial charge on any atom is -0.481 e. The molecule has 0 heterocycles. The molecule has 1 rings (SSSR count). The second-order valence-electron chi connectivity index (χ2n) is 3.79. The van der Waals surface area contributed by atoms with Crippen molar-refractivity contribution in [3.63, 3.8) is 0 Å². The lowest BCUT2D eigenvalue weighted by Crippen LogP contribution is -2.33. The third-order valence-electron chi connectivity index (χ3n) is 2.16. The number of hydrogen-bond donors (Lipinski definition) is 3. The van der Waals surface area contributed by atoms with E-state index < -0.39 is 12.0 Å². The van der Waals surface area contributed by atoms with E-state index in [0.29, 0.717) is 0 Å². The first-order valence-electron chi connectivity index (χ1n) is 5.57. The van der Waals surface area contributed by atoms with Gasteiger partial charge in [0.2, 0.25) is 0 Å². The van der Waals surface area contributed by atoms with Crippen LogP contribution < -0.4 is 10.6 Å². The van der Waals surface area contributed by atoms with Crippen LogP contribution >= 0.6 is 0 Å². The Morgan fingerprint density at radius 1 is 1.39 bits per heavy atom. The standard InChI is InChI=1S/C13H16N2O3/c1-10-3-2-4-11(9-10)5-7-14-13(18)15-8-6-12(16)17/h2-5,7,9H,6,8H2,1H3,(H,16,17)(H2,14,15,18)/b7-5+. The number of rotatable bonds is 5. The number of carbonyl (C=O) groups is 2. The Kier molecular flexibility index (Phi) is 5.44. The minimum absolute atomic E-state index is 0.0883. The predicted molar refractivity (Wildman–Crippen MR) is 69.0 cm³/mol. The fourth-order valence-electron chi connectivity index (χ4n) is 1.32. The van der Waals surface area contributed by atoms with Crippen LogP contribution in [0.25, 0.3) is 6.08 Å². The highest BCUT2D eigenvalue weighted by atomic mass is 16.4. The van der Waals surface area contributed by atoms with Gasteiger partial charge < -0.3 is 15.7 Å². The summed E-state index contributed by atoms with van der Waals surface area (Å²) in [7, 11) is 0. The molecule has 0 radical (unpaired) electrons. The molecule has 5 nitrogen and oxygen atoms in total. The lowest BCUT2D eigenvalue weighted by Gasteiger charge is -2.02. The van der Waals surface area contributed by atoms with E-state index in [9.17, 15) is 9.59 Å². The Bertz CT molecular complexity index is 455. The molecule has 2 amide bonds. The van der Waals surface area contributed by atoms with E-state index in [1.54, 1.807) is 6.08 Å². The highest BCUT2D eigenvalue weighted by Gasteiger charge is 1.99. The summed E-state index contributed by atoms with van der Waals surface area (Å²) in [5, 5.41) is 13.3. The molecule has 5 heteroatoms. The van der Waals surface area contributed by atoms with Gasteiger partial charge in [0.15, 0.2) is 0 Å². The first-order valence-corrected chi connectivity index (χ1v) is 5.57. The zero-order valence-electron chi connectivity index (χ0n) is 10.1. The summed E-state index contributed by atoms with van der Waals surface area (Å²) < 4.78 is 0. The number of hydrogen-bond acceptors (Lipinski definition) is 2. The van der Waals surface area contributed by atoms with Crippen LogP contribution in [0, 0.1) is 6.92 Å². The molecule has 1 aromatic carbocycles. The molecule has 0 bridgehead atoms. The second kappa shape index (κ2) is 7.11. The molecule has 0 aliphatic heterocycles. The van der Waals surface area contributed by atoms with E-state index in [4.69, 9.17) is 5.11 Å². The zero-order chi connectivity index (χ0) is 13.4. The molecular formula is C13H16N2O3. The van der Waals surface area contributed by atoms with Gasteiger partial charge in [0, 0.05) is 12.7 Å². The fraction of sp³-hybridized carbons (Fsp3) is 0.231. The molecule has 0 aromatic heterocycles. The quantitative estimate of drug-likeness (QED) is 0.742. The first kappa shape index (κ1) is 13.8. The molecule has 0 spiro atoms. The summed E-state index contributed by atoms with van der Waals surface area (Å²) in [5.41, 5.74) is 2.13. The Morgan fingerprint density at radius 3 is 2.83 bits per heavy atom. The Labute approximate surface area is 106 Å². The van der Waals surface area contributed by atoms with E-state index in [2.05, 4.69) is 10.6 Å². The molecule has 0 saturated carbocycles. The predicted octanol–water partition coefficient (Wildman–Crippen LogP) is 1.74. The molecule has 0 unspecified atom stereocenters. The van der Waals surface area contributed by atoms with Gasteiger partial charge in [-0.15, -0.1) is 0 Å². The Morgan fingerprint density at radius 2 is 2.17 bits per heavy atom. The van der Waals surface area contributed by atoms with Crippen molar-refractivity contribution >= 4 is 18.1 Å². The largest absolute Gasteiger partial charge is 0.481 e. The van der Waals surface area contributed by atoms with Crippen LogP contribution in [0.5, 0.6) is 0 Å². The first-order chi connectivity index (χ1) is 8.58.